The summed E-state index contributed by atoms with van der Waals surface area (Å²) < 4.78 is 42.4. The predicted octanol–water partition coefficient (Wildman–Crippen LogP) is 4.52. The van der Waals surface area contributed by atoms with Gasteiger partial charge in [0.15, 0.2) is 5.69 Å². The Labute approximate surface area is 184 Å². The first kappa shape index (κ1) is 21.5. The average molecular weight is 497 g/mol. The molecule has 0 radical (unpaired) electrons. The van der Waals surface area contributed by atoms with E-state index in [2.05, 4.69) is 36.4 Å². The summed E-state index contributed by atoms with van der Waals surface area (Å²) in [4.78, 5) is 16.4. The van der Waals surface area contributed by atoms with Gasteiger partial charge in [-0.25, -0.2) is 9.67 Å². The van der Waals surface area contributed by atoms with Crippen LogP contribution in [-0.4, -0.2) is 30.5 Å². The van der Waals surface area contributed by atoms with Gasteiger partial charge in [0.05, 0.1) is 23.3 Å². The van der Waals surface area contributed by atoms with E-state index in [1.165, 1.54) is 11.0 Å². The number of alkyl halides is 3. The number of aromatic nitrogens is 5. The van der Waals surface area contributed by atoms with E-state index in [-0.39, 0.29) is 29.3 Å². The number of aryl methyl sites for hydroxylation is 2. The van der Waals surface area contributed by atoms with Gasteiger partial charge in [-0.3, -0.25) is 14.8 Å². The number of halogens is 4. The van der Waals surface area contributed by atoms with Crippen molar-refractivity contribution < 1.29 is 18.0 Å². The third kappa shape index (κ3) is 5.15. The van der Waals surface area contributed by atoms with Crippen molar-refractivity contribution in [2.24, 2.45) is 0 Å². The normalized spacial score (nSPS) is 14.1. The highest BCUT2D eigenvalue weighted by Crippen LogP contribution is 2.47. The summed E-state index contributed by atoms with van der Waals surface area (Å²) >= 11 is 3.05. The quantitative estimate of drug-likeness (QED) is 0.521. The van der Waals surface area contributed by atoms with Gasteiger partial charge in [-0.2, -0.15) is 18.3 Å². The van der Waals surface area contributed by atoms with E-state index < -0.39 is 17.8 Å². The maximum absolute atomic E-state index is 13.2. The molecule has 0 unspecified atom stereocenters. The monoisotopic (exact) mass is 496 g/mol. The molecule has 0 spiro atoms. The number of anilines is 1. The van der Waals surface area contributed by atoms with E-state index in [4.69, 9.17) is 0 Å². The molecular weight excluding hydrogens is 477 g/mol. The SMILES string of the molecule is Cc1ccc(Cn2cnc(NC(=O)CCn3nc(C(F)(F)F)c(Br)c3C3CC3)n2)cc1. The molecule has 1 N–H and O–H groups in total. The third-order valence-electron chi connectivity index (χ3n) is 4.97. The summed E-state index contributed by atoms with van der Waals surface area (Å²) in [5, 5.41) is 10.5. The summed E-state index contributed by atoms with van der Waals surface area (Å²) in [6.07, 6.45) is -1.45. The molecule has 11 heteroatoms. The van der Waals surface area contributed by atoms with Gasteiger partial charge < -0.3 is 0 Å². The number of hydrogen-bond donors (Lipinski definition) is 1. The van der Waals surface area contributed by atoms with Crippen LogP contribution in [-0.2, 0) is 24.1 Å². The van der Waals surface area contributed by atoms with Crippen LogP contribution in [0.5, 0.6) is 0 Å². The van der Waals surface area contributed by atoms with Gasteiger partial charge in [0.1, 0.15) is 6.33 Å². The molecule has 31 heavy (non-hydrogen) atoms. The average Bonchev–Trinajstić information content (AvgIpc) is 3.34. The molecular formula is C20H20BrF3N6O. The third-order valence-corrected chi connectivity index (χ3v) is 5.75. The summed E-state index contributed by atoms with van der Waals surface area (Å²) in [6, 6.07) is 7.99. The topological polar surface area (TPSA) is 77.6 Å². The lowest BCUT2D eigenvalue weighted by atomic mass is 10.1. The van der Waals surface area contributed by atoms with Gasteiger partial charge in [0.2, 0.25) is 11.9 Å². The molecule has 0 atom stereocenters. The Morgan fingerprint density at radius 1 is 1.23 bits per heavy atom. The van der Waals surface area contributed by atoms with Crippen LogP contribution < -0.4 is 5.32 Å². The first-order valence-electron chi connectivity index (χ1n) is 9.79. The van der Waals surface area contributed by atoms with E-state index in [1.54, 1.807) is 4.68 Å². The Kier molecular flexibility index (Phi) is 5.87. The lowest BCUT2D eigenvalue weighted by molar-refractivity contribution is -0.142. The van der Waals surface area contributed by atoms with Crippen LogP contribution in [0.2, 0.25) is 0 Å². The van der Waals surface area contributed by atoms with Crippen LogP contribution in [0.4, 0.5) is 19.1 Å². The minimum atomic E-state index is -4.55. The van der Waals surface area contributed by atoms with Gasteiger partial charge in [0, 0.05) is 12.3 Å². The minimum absolute atomic E-state index is 0.0283. The molecule has 2 aromatic heterocycles. The zero-order valence-electron chi connectivity index (χ0n) is 16.7. The first-order chi connectivity index (χ1) is 14.7. The molecule has 0 aliphatic heterocycles. The van der Waals surface area contributed by atoms with Crippen molar-refractivity contribution in [3.8, 4) is 0 Å². The van der Waals surface area contributed by atoms with Gasteiger partial charge in [-0.05, 0) is 41.3 Å². The second kappa shape index (κ2) is 8.45. The standard InChI is InChI=1S/C20H20BrF3N6O/c1-12-2-4-13(5-3-12)10-29-11-25-19(28-29)26-15(31)8-9-30-17(14-6-7-14)16(21)18(27-30)20(22,23)24/h2-5,11,14H,6-10H2,1H3,(H,26,28,31). The van der Waals surface area contributed by atoms with Crippen molar-refractivity contribution in [1.82, 2.24) is 24.5 Å². The number of carbonyl (C=O) groups excluding carboxylic acids is 1. The van der Waals surface area contributed by atoms with Crippen LogP contribution in [0.1, 0.15) is 47.7 Å². The van der Waals surface area contributed by atoms with E-state index in [9.17, 15) is 18.0 Å². The summed E-state index contributed by atoms with van der Waals surface area (Å²) in [5.41, 5.74) is 1.75. The Morgan fingerprint density at radius 3 is 2.58 bits per heavy atom. The molecule has 1 aliphatic carbocycles. The zero-order valence-corrected chi connectivity index (χ0v) is 18.2. The van der Waals surface area contributed by atoms with Gasteiger partial charge in [-0.15, -0.1) is 5.10 Å². The fraction of sp³-hybridized carbons (Fsp3) is 0.400. The number of nitrogens with zero attached hydrogens (tertiary/aromatic N) is 5. The highest BCUT2D eigenvalue weighted by atomic mass is 79.9. The molecule has 7 nitrogen and oxygen atoms in total. The van der Waals surface area contributed by atoms with Crippen molar-refractivity contribution in [2.75, 3.05) is 5.32 Å². The van der Waals surface area contributed by atoms with Crippen molar-refractivity contribution >= 4 is 27.8 Å². The van der Waals surface area contributed by atoms with E-state index in [1.807, 2.05) is 31.2 Å². The van der Waals surface area contributed by atoms with Crippen LogP contribution in [0.15, 0.2) is 35.1 Å². The number of hydrogen-bond acceptors (Lipinski definition) is 4. The Balaban J connectivity index is 1.37. The second-order valence-corrected chi connectivity index (χ2v) is 8.39. The van der Waals surface area contributed by atoms with E-state index in [0.29, 0.717) is 12.2 Å². The molecule has 0 bridgehead atoms. The lowest BCUT2D eigenvalue weighted by Gasteiger charge is -2.07. The van der Waals surface area contributed by atoms with Crippen molar-refractivity contribution in [2.45, 2.75) is 51.4 Å². The molecule has 1 aromatic carbocycles. The Morgan fingerprint density at radius 2 is 1.94 bits per heavy atom. The van der Waals surface area contributed by atoms with Crippen molar-refractivity contribution in [3.63, 3.8) is 0 Å². The summed E-state index contributed by atoms with van der Waals surface area (Å²) in [6.45, 7) is 2.55. The fourth-order valence-electron chi connectivity index (χ4n) is 3.25. The molecule has 1 aliphatic rings. The van der Waals surface area contributed by atoms with Crippen LogP contribution in [0, 0.1) is 6.92 Å². The molecule has 0 saturated heterocycles. The highest BCUT2D eigenvalue weighted by Gasteiger charge is 2.41. The first-order valence-corrected chi connectivity index (χ1v) is 10.6. The van der Waals surface area contributed by atoms with Gasteiger partial charge >= 0.3 is 6.18 Å². The largest absolute Gasteiger partial charge is 0.436 e. The molecule has 3 aromatic rings. The Hall–Kier alpha value is -2.69. The molecule has 1 amide bonds. The summed E-state index contributed by atoms with van der Waals surface area (Å²) in [7, 11) is 0. The van der Waals surface area contributed by atoms with E-state index >= 15 is 0 Å². The lowest BCUT2D eigenvalue weighted by Crippen LogP contribution is -2.17. The summed E-state index contributed by atoms with van der Waals surface area (Å²) in [5.74, 6) is -0.202. The molecule has 1 fully saturated rings. The zero-order chi connectivity index (χ0) is 22.2. The smallest absolute Gasteiger partial charge is 0.293 e. The second-order valence-electron chi connectivity index (χ2n) is 7.59. The maximum atomic E-state index is 13.2. The van der Waals surface area contributed by atoms with Gasteiger partial charge in [-0.1, -0.05) is 29.8 Å². The van der Waals surface area contributed by atoms with Gasteiger partial charge in [0.25, 0.3) is 0 Å². The number of nitrogens with one attached hydrogen (secondary N) is 1. The van der Waals surface area contributed by atoms with E-state index in [0.717, 1.165) is 24.0 Å². The van der Waals surface area contributed by atoms with Crippen molar-refractivity contribution in [1.29, 1.82) is 0 Å². The number of benzene rings is 1. The number of rotatable bonds is 7. The van der Waals surface area contributed by atoms with Crippen LogP contribution in [0.25, 0.3) is 0 Å². The maximum Gasteiger partial charge on any atom is 0.436 e. The number of carbonyl (C=O) groups is 1. The molecule has 1 saturated carbocycles. The van der Waals surface area contributed by atoms with Crippen LogP contribution >= 0.6 is 15.9 Å². The highest BCUT2D eigenvalue weighted by molar-refractivity contribution is 9.10. The number of amides is 1. The Bertz CT molecular complexity index is 1090. The minimum Gasteiger partial charge on any atom is -0.293 e. The fourth-order valence-corrected chi connectivity index (χ4v) is 4.09. The molecule has 164 valence electrons. The van der Waals surface area contributed by atoms with Crippen LogP contribution in [0.3, 0.4) is 0 Å². The van der Waals surface area contributed by atoms with Crippen molar-refractivity contribution in [3.05, 3.63) is 57.6 Å². The molecule has 4 rings (SSSR count). The molecule has 2 heterocycles. The predicted molar refractivity (Wildman–Crippen MR) is 110 cm³/mol.